The lowest BCUT2D eigenvalue weighted by molar-refractivity contribution is -0.123. The van der Waals surface area contributed by atoms with E-state index < -0.39 is 0 Å². The number of rotatable bonds is 4. The topological polar surface area (TPSA) is 42.0 Å². The molecule has 14 heavy (non-hydrogen) atoms. The van der Waals surface area contributed by atoms with E-state index in [0.717, 1.165) is 12.0 Å². The molecule has 1 amide bonds. The molecule has 0 unspecified atom stereocenters. The third-order valence-electron chi connectivity index (χ3n) is 1.96. The van der Waals surface area contributed by atoms with Gasteiger partial charge < -0.3 is 5.32 Å². The second-order valence-electron chi connectivity index (χ2n) is 3.56. The largest absolute Gasteiger partial charge is 0.356 e. The van der Waals surface area contributed by atoms with Crippen LogP contribution in [0.1, 0.15) is 19.4 Å². The normalized spacial score (nSPS) is 10.2. The van der Waals surface area contributed by atoms with Crippen LogP contribution in [-0.2, 0) is 11.2 Å². The molecule has 1 aromatic rings. The summed E-state index contributed by atoms with van der Waals surface area (Å²) in [4.78, 5) is 15.2. The van der Waals surface area contributed by atoms with E-state index in [9.17, 15) is 4.79 Å². The Morgan fingerprint density at radius 1 is 1.57 bits per heavy atom. The maximum Gasteiger partial charge on any atom is 0.222 e. The van der Waals surface area contributed by atoms with Crippen LogP contribution in [0.2, 0.25) is 0 Å². The van der Waals surface area contributed by atoms with Crippen molar-refractivity contribution in [1.82, 2.24) is 10.3 Å². The van der Waals surface area contributed by atoms with Gasteiger partial charge in [-0.15, -0.1) is 0 Å². The number of carbonyl (C=O) groups excluding carboxylic acids is 1. The van der Waals surface area contributed by atoms with Crippen molar-refractivity contribution in [3.63, 3.8) is 0 Å². The molecule has 0 aromatic carbocycles. The average molecular weight is 192 g/mol. The van der Waals surface area contributed by atoms with Crippen molar-refractivity contribution < 1.29 is 4.79 Å². The Bertz CT molecular complexity index is 283. The Morgan fingerprint density at radius 2 is 2.36 bits per heavy atom. The Kier molecular flexibility index (Phi) is 4.11. The summed E-state index contributed by atoms with van der Waals surface area (Å²) in [5, 5.41) is 2.86. The first-order valence-corrected chi connectivity index (χ1v) is 4.87. The molecule has 3 heteroatoms. The number of pyridine rings is 1. The van der Waals surface area contributed by atoms with Gasteiger partial charge in [0.05, 0.1) is 0 Å². The van der Waals surface area contributed by atoms with Crippen LogP contribution in [0.3, 0.4) is 0 Å². The molecule has 0 aliphatic rings. The number of nitrogens with one attached hydrogen (secondary N) is 1. The smallest absolute Gasteiger partial charge is 0.222 e. The second kappa shape index (κ2) is 5.37. The minimum Gasteiger partial charge on any atom is -0.356 e. The summed E-state index contributed by atoms with van der Waals surface area (Å²) in [7, 11) is 0. The van der Waals surface area contributed by atoms with Crippen LogP contribution in [0.4, 0.5) is 0 Å². The van der Waals surface area contributed by atoms with E-state index in [0.29, 0.717) is 6.54 Å². The van der Waals surface area contributed by atoms with Crippen LogP contribution >= 0.6 is 0 Å². The monoisotopic (exact) mass is 192 g/mol. The van der Waals surface area contributed by atoms with Crippen LogP contribution in [0, 0.1) is 5.92 Å². The van der Waals surface area contributed by atoms with E-state index in [1.165, 1.54) is 0 Å². The fourth-order valence-corrected chi connectivity index (χ4v) is 1.08. The van der Waals surface area contributed by atoms with Gasteiger partial charge in [0.2, 0.25) is 5.91 Å². The molecule has 0 spiro atoms. The molecule has 0 atom stereocenters. The fourth-order valence-electron chi connectivity index (χ4n) is 1.08. The first kappa shape index (κ1) is 10.7. The van der Waals surface area contributed by atoms with Gasteiger partial charge >= 0.3 is 0 Å². The first-order chi connectivity index (χ1) is 6.70. The highest BCUT2D eigenvalue weighted by Crippen LogP contribution is 1.96. The van der Waals surface area contributed by atoms with Crippen molar-refractivity contribution in [2.24, 2.45) is 5.92 Å². The van der Waals surface area contributed by atoms with Crippen LogP contribution in [-0.4, -0.2) is 17.4 Å². The van der Waals surface area contributed by atoms with Gasteiger partial charge in [-0.05, 0) is 18.1 Å². The molecule has 1 heterocycles. The summed E-state index contributed by atoms with van der Waals surface area (Å²) in [5.41, 5.74) is 1.15. The quantitative estimate of drug-likeness (QED) is 0.783. The van der Waals surface area contributed by atoms with Crippen molar-refractivity contribution in [3.8, 4) is 0 Å². The van der Waals surface area contributed by atoms with Gasteiger partial charge in [0.15, 0.2) is 0 Å². The maximum atomic E-state index is 11.2. The number of amides is 1. The maximum absolute atomic E-state index is 11.2. The standard InChI is InChI=1S/C11H16N2O/c1-9(2)11(14)13-7-5-10-4-3-6-12-8-10/h3-4,6,8-9H,5,7H2,1-2H3,(H,13,14). The van der Waals surface area contributed by atoms with Gasteiger partial charge in [0, 0.05) is 24.9 Å². The molecule has 0 aliphatic heterocycles. The van der Waals surface area contributed by atoms with Crippen molar-refractivity contribution in [2.45, 2.75) is 20.3 Å². The number of hydrogen-bond donors (Lipinski definition) is 1. The van der Waals surface area contributed by atoms with Gasteiger partial charge in [-0.1, -0.05) is 19.9 Å². The van der Waals surface area contributed by atoms with Crippen LogP contribution in [0.25, 0.3) is 0 Å². The Hall–Kier alpha value is -1.38. The number of carbonyl (C=O) groups is 1. The molecule has 0 bridgehead atoms. The molecule has 3 nitrogen and oxygen atoms in total. The summed E-state index contributed by atoms with van der Waals surface area (Å²) in [5.74, 6) is 0.165. The minimum absolute atomic E-state index is 0.0592. The van der Waals surface area contributed by atoms with Gasteiger partial charge in [-0.3, -0.25) is 9.78 Å². The van der Waals surface area contributed by atoms with Crippen molar-refractivity contribution in [3.05, 3.63) is 30.1 Å². The van der Waals surface area contributed by atoms with Gasteiger partial charge in [-0.2, -0.15) is 0 Å². The lowest BCUT2D eigenvalue weighted by Gasteiger charge is -2.06. The van der Waals surface area contributed by atoms with Crippen molar-refractivity contribution >= 4 is 5.91 Å². The third kappa shape index (κ3) is 3.56. The van der Waals surface area contributed by atoms with Crippen LogP contribution in [0.5, 0.6) is 0 Å². The molecule has 0 radical (unpaired) electrons. The summed E-state index contributed by atoms with van der Waals surface area (Å²) < 4.78 is 0. The summed E-state index contributed by atoms with van der Waals surface area (Å²) >= 11 is 0. The summed E-state index contributed by atoms with van der Waals surface area (Å²) in [6.45, 7) is 4.46. The van der Waals surface area contributed by atoms with E-state index in [2.05, 4.69) is 10.3 Å². The minimum atomic E-state index is 0.0592. The zero-order chi connectivity index (χ0) is 10.4. The molecular weight excluding hydrogens is 176 g/mol. The number of nitrogens with zero attached hydrogens (tertiary/aromatic N) is 1. The molecule has 1 aromatic heterocycles. The number of hydrogen-bond acceptors (Lipinski definition) is 2. The second-order valence-corrected chi connectivity index (χ2v) is 3.56. The molecule has 0 fully saturated rings. The predicted molar refractivity (Wildman–Crippen MR) is 55.8 cm³/mol. The van der Waals surface area contributed by atoms with Crippen LogP contribution < -0.4 is 5.32 Å². The zero-order valence-corrected chi connectivity index (χ0v) is 8.66. The molecule has 0 aliphatic carbocycles. The summed E-state index contributed by atoms with van der Waals surface area (Å²) in [6, 6.07) is 3.91. The predicted octanol–water partition coefficient (Wildman–Crippen LogP) is 1.40. The van der Waals surface area contributed by atoms with E-state index in [1.807, 2.05) is 32.2 Å². The number of aromatic nitrogens is 1. The Labute approximate surface area is 84.6 Å². The van der Waals surface area contributed by atoms with E-state index in [-0.39, 0.29) is 11.8 Å². The Morgan fingerprint density at radius 3 is 2.93 bits per heavy atom. The molecule has 1 N–H and O–H groups in total. The van der Waals surface area contributed by atoms with Gasteiger partial charge in [0.25, 0.3) is 0 Å². The highest BCUT2D eigenvalue weighted by Gasteiger charge is 2.04. The molecule has 0 saturated carbocycles. The summed E-state index contributed by atoms with van der Waals surface area (Å²) in [6.07, 6.45) is 4.41. The lowest BCUT2D eigenvalue weighted by Crippen LogP contribution is -2.29. The SMILES string of the molecule is CC(C)C(=O)NCCc1cccnc1. The van der Waals surface area contributed by atoms with E-state index >= 15 is 0 Å². The van der Waals surface area contributed by atoms with E-state index in [4.69, 9.17) is 0 Å². The first-order valence-electron chi connectivity index (χ1n) is 4.87. The molecule has 0 saturated heterocycles. The molecule has 76 valence electrons. The average Bonchev–Trinajstić information content (AvgIpc) is 2.19. The van der Waals surface area contributed by atoms with Crippen molar-refractivity contribution in [2.75, 3.05) is 6.54 Å². The fraction of sp³-hybridized carbons (Fsp3) is 0.455. The van der Waals surface area contributed by atoms with Crippen LogP contribution in [0.15, 0.2) is 24.5 Å². The lowest BCUT2D eigenvalue weighted by atomic mass is 10.2. The molecule has 1 rings (SSSR count). The van der Waals surface area contributed by atoms with Gasteiger partial charge in [-0.25, -0.2) is 0 Å². The van der Waals surface area contributed by atoms with Crippen molar-refractivity contribution in [1.29, 1.82) is 0 Å². The van der Waals surface area contributed by atoms with E-state index in [1.54, 1.807) is 6.20 Å². The van der Waals surface area contributed by atoms with Gasteiger partial charge in [0.1, 0.15) is 0 Å². The zero-order valence-electron chi connectivity index (χ0n) is 8.66. The third-order valence-corrected chi connectivity index (χ3v) is 1.96. The highest BCUT2D eigenvalue weighted by atomic mass is 16.1. The highest BCUT2D eigenvalue weighted by molar-refractivity contribution is 5.77. The Balaban J connectivity index is 2.26. The molecular formula is C11H16N2O.